The lowest BCUT2D eigenvalue weighted by Gasteiger charge is -2.21. The SMILES string of the molecule is CC1(c2cccc(NC(=O)c3ccc(Oc4ccc(Oc5ccccc5)cc4)nc3)c2)NC(=O)NC1=O. The summed E-state index contributed by atoms with van der Waals surface area (Å²) in [5, 5.41) is 7.61. The second-order valence-corrected chi connectivity index (χ2v) is 8.44. The highest BCUT2D eigenvalue weighted by Crippen LogP contribution is 2.28. The van der Waals surface area contributed by atoms with Gasteiger partial charge in [0, 0.05) is 18.0 Å². The predicted octanol–water partition coefficient (Wildman–Crippen LogP) is 4.97. The Hall–Kier alpha value is -5.18. The molecule has 0 bridgehead atoms. The van der Waals surface area contributed by atoms with Gasteiger partial charge in [-0.05, 0) is 67.1 Å². The molecule has 4 amide bonds. The molecule has 0 saturated carbocycles. The summed E-state index contributed by atoms with van der Waals surface area (Å²) in [6.45, 7) is 1.60. The highest BCUT2D eigenvalue weighted by Gasteiger charge is 2.43. The number of pyridine rings is 1. The topological polar surface area (TPSA) is 119 Å². The minimum Gasteiger partial charge on any atom is -0.457 e. The fourth-order valence-corrected chi connectivity index (χ4v) is 3.75. The Balaban J connectivity index is 1.21. The van der Waals surface area contributed by atoms with Gasteiger partial charge in [-0.1, -0.05) is 30.3 Å². The van der Waals surface area contributed by atoms with E-state index < -0.39 is 17.5 Å². The standard InChI is InChI=1S/C28H22N4O5/c1-28(26(34)31-27(35)32-28)19-6-5-7-20(16-19)30-25(33)18-10-15-24(29-17-18)37-23-13-11-22(12-14-23)36-21-8-3-2-4-9-21/h2-17H,1H3,(H,30,33)(H2,31,32,34,35). The van der Waals surface area contributed by atoms with Crippen LogP contribution in [0.25, 0.3) is 0 Å². The number of imide groups is 1. The van der Waals surface area contributed by atoms with Gasteiger partial charge in [0.05, 0.1) is 5.56 Å². The quantitative estimate of drug-likeness (QED) is 0.312. The number of nitrogens with one attached hydrogen (secondary N) is 3. The summed E-state index contributed by atoms with van der Waals surface area (Å²) in [5.74, 6) is 1.46. The van der Waals surface area contributed by atoms with Crippen molar-refractivity contribution < 1.29 is 23.9 Å². The third-order valence-electron chi connectivity index (χ3n) is 5.77. The molecule has 3 aromatic carbocycles. The fraction of sp³-hybridized carbons (Fsp3) is 0.0714. The monoisotopic (exact) mass is 494 g/mol. The first kappa shape index (κ1) is 23.6. The van der Waals surface area contributed by atoms with Gasteiger partial charge >= 0.3 is 6.03 Å². The average molecular weight is 495 g/mol. The lowest BCUT2D eigenvalue weighted by Crippen LogP contribution is -2.40. The minimum atomic E-state index is -1.22. The molecule has 1 fully saturated rings. The van der Waals surface area contributed by atoms with Gasteiger partial charge < -0.3 is 20.1 Å². The van der Waals surface area contributed by atoms with E-state index in [-0.39, 0.29) is 5.91 Å². The van der Waals surface area contributed by atoms with Gasteiger partial charge in [-0.2, -0.15) is 0 Å². The molecule has 4 aromatic rings. The first-order valence-corrected chi connectivity index (χ1v) is 11.4. The normalized spacial score (nSPS) is 16.5. The Morgan fingerprint density at radius 3 is 2.19 bits per heavy atom. The summed E-state index contributed by atoms with van der Waals surface area (Å²) in [4.78, 5) is 40.8. The van der Waals surface area contributed by atoms with Crippen molar-refractivity contribution in [3.63, 3.8) is 0 Å². The maximum absolute atomic E-state index is 12.7. The molecule has 9 nitrogen and oxygen atoms in total. The largest absolute Gasteiger partial charge is 0.457 e. The van der Waals surface area contributed by atoms with Crippen LogP contribution < -0.4 is 25.4 Å². The van der Waals surface area contributed by atoms with Crippen LogP contribution in [-0.4, -0.2) is 22.8 Å². The van der Waals surface area contributed by atoms with E-state index in [1.807, 2.05) is 30.3 Å². The summed E-state index contributed by atoms with van der Waals surface area (Å²) in [6, 6.07) is 25.9. The molecule has 1 atom stereocenters. The van der Waals surface area contributed by atoms with Crippen LogP contribution in [0.4, 0.5) is 10.5 Å². The molecule has 0 spiro atoms. The molecule has 1 aliphatic rings. The second-order valence-electron chi connectivity index (χ2n) is 8.44. The molecular formula is C28H22N4O5. The summed E-state index contributed by atoms with van der Waals surface area (Å²) >= 11 is 0. The lowest BCUT2D eigenvalue weighted by molar-refractivity contribution is -0.123. The fourth-order valence-electron chi connectivity index (χ4n) is 3.75. The number of carbonyl (C=O) groups excluding carboxylic acids is 3. The van der Waals surface area contributed by atoms with Crippen molar-refractivity contribution in [3.05, 3.63) is 108 Å². The molecular weight excluding hydrogens is 472 g/mol. The number of nitrogens with zero attached hydrogens (tertiary/aromatic N) is 1. The van der Waals surface area contributed by atoms with Crippen LogP contribution in [0.5, 0.6) is 23.1 Å². The van der Waals surface area contributed by atoms with E-state index in [0.717, 1.165) is 5.75 Å². The average Bonchev–Trinajstić information content (AvgIpc) is 3.18. The summed E-state index contributed by atoms with van der Waals surface area (Å²) in [7, 11) is 0. The maximum Gasteiger partial charge on any atom is 0.322 e. The summed E-state index contributed by atoms with van der Waals surface area (Å²) < 4.78 is 11.5. The molecule has 0 radical (unpaired) electrons. The van der Waals surface area contributed by atoms with Gasteiger partial charge in [-0.15, -0.1) is 0 Å². The molecule has 1 aliphatic heterocycles. The number of urea groups is 1. The van der Waals surface area contributed by atoms with Crippen molar-refractivity contribution in [2.75, 3.05) is 5.32 Å². The number of carbonyl (C=O) groups is 3. The first-order chi connectivity index (χ1) is 17.9. The van der Waals surface area contributed by atoms with Gasteiger partial charge in [0.1, 0.15) is 22.8 Å². The van der Waals surface area contributed by atoms with E-state index in [1.165, 1.54) is 6.20 Å². The summed E-state index contributed by atoms with van der Waals surface area (Å²) in [6.07, 6.45) is 1.41. The number of anilines is 1. The van der Waals surface area contributed by atoms with E-state index in [2.05, 4.69) is 20.9 Å². The Labute approximate surface area is 212 Å². The highest BCUT2D eigenvalue weighted by atomic mass is 16.5. The van der Waals surface area contributed by atoms with Crippen LogP contribution in [0.2, 0.25) is 0 Å². The van der Waals surface area contributed by atoms with Crippen LogP contribution in [-0.2, 0) is 10.3 Å². The molecule has 2 heterocycles. The van der Waals surface area contributed by atoms with Crippen molar-refractivity contribution in [3.8, 4) is 23.1 Å². The lowest BCUT2D eigenvalue weighted by atomic mass is 9.92. The predicted molar refractivity (Wildman–Crippen MR) is 136 cm³/mol. The Kier molecular flexibility index (Phi) is 6.25. The number of rotatable bonds is 7. The number of hydrogen-bond acceptors (Lipinski definition) is 6. The van der Waals surface area contributed by atoms with E-state index in [0.29, 0.717) is 34.2 Å². The summed E-state index contributed by atoms with van der Waals surface area (Å²) in [5.41, 5.74) is 0.110. The maximum atomic E-state index is 12.7. The van der Waals surface area contributed by atoms with Crippen LogP contribution in [0.3, 0.4) is 0 Å². The third kappa shape index (κ3) is 5.25. The van der Waals surface area contributed by atoms with Crippen molar-refractivity contribution in [1.29, 1.82) is 0 Å². The molecule has 9 heteroatoms. The Morgan fingerprint density at radius 1 is 0.838 bits per heavy atom. The molecule has 37 heavy (non-hydrogen) atoms. The number of para-hydroxylation sites is 1. The molecule has 1 saturated heterocycles. The van der Waals surface area contributed by atoms with Crippen LogP contribution in [0, 0.1) is 0 Å². The van der Waals surface area contributed by atoms with E-state index in [4.69, 9.17) is 9.47 Å². The molecule has 0 aliphatic carbocycles. The Morgan fingerprint density at radius 2 is 1.54 bits per heavy atom. The number of hydrogen-bond donors (Lipinski definition) is 3. The third-order valence-corrected chi connectivity index (χ3v) is 5.77. The zero-order chi connectivity index (χ0) is 25.8. The van der Waals surface area contributed by atoms with Crippen LogP contribution in [0.1, 0.15) is 22.8 Å². The van der Waals surface area contributed by atoms with Crippen molar-refractivity contribution in [2.45, 2.75) is 12.5 Å². The minimum absolute atomic E-state index is 0.322. The highest BCUT2D eigenvalue weighted by molar-refractivity contribution is 6.07. The van der Waals surface area contributed by atoms with Crippen LogP contribution >= 0.6 is 0 Å². The van der Waals surface area contributed by atoms with Gasteiger partial charge in [0.2, 0.25) is 5.88 Å². The van der Waals surface area contributed by atoms with E-state index >= 15 is 0 Å². The van der Waals surface area contributed by atoms with E-state index in [1.54, 1.807) is 67.6 Å². The number of benzene rings is 3. The number of aromatic nitrogens is 1. The van der Waals surface area contributed by atoms with Gasteiger partial charge in [0.15, 0.2) is 0 Å². The smallest absolute Gasteiger partial charge is 0.322 e. The van der Waals surface area contributed by atoms with Gasteiger partial charge in [0.25, 0.3) is 11.8 Å². The van der Waals surface area contributed by atoms with Crippen molar-refractivity contribution >= 4 is 23.5 Å². The van der Waals surface area contributed by atoms with Gasteiger partial charge in [-0.25, -0.2) is 9.78 Å². The van der Waals surface area contributed by atoms with E-state index in [9.17, 15) is 14.4 Å². The molecule has 3 N–H and O–H groups in total. The number of amides is 4. The van der Waals surface area contributed by atoms with Gasteiger partial charge in [-0.3, -0.25) is 14.9 Å². The zero-order valence-electron chi connectivity index (χ0n) is 19.7. The number of ether oxygens (including phenoxy) is 2. The molecule has 1 aromatic heterocycles. The molecule has 1 unspecified atom stereocenters. The molecule has 5 rings (SSSR count). The second kappa shape index (κ2) is 9.82. The zero-order valence-corrected chi connectivity index (χ0v) is 19.7. The molecule has 184 valence electrons. The van der Waals surface area contributed by atoms with Crippen molar-refractivity contribution in [1.82, 2.24) is 15.6 Å². The van der Waals surface area contributed by atoms with Crippen LogP contribution in [0.15, 0.2) is 97.2 Å². The Bertz CT molecular complexity index is 1460. The first-order valence-electron chi connectivity index (χ1n) is 11.4. The van der Waals surface area contributed by atoms with Crippen molar-refractivity contribution in [2.24, 2.45) is 0 Å².